The molecule has 0 aliphatic carbocycles. The number of nitrogens with one attached hydrogen (secondary N) is 1. The lowest BCUT2D eigenvalue weighted by molar-refractivity contribution is 0.0615. The van der Waals surface area contributed by atoms with E-state index in [4.69, 9.17) is 9.47 Å². The average molecular weight is 270 g/mol. The number of rotatable bonds is 7. The number of thiazole rings is 1. The van der Waals surface area contributed by atoms with Gasteiger partial charge in [0.15, 0.2) is 0 Å². The van der Waals surface area contributed by atoms with Gasteiger partial charge in [0.25, 0.3) is 0 Å². The molecule has 0 saturated carbocycles. The van der Waals surface area contributed by atoms with Gasteiger partial charge in [0.2, 0.25) is 0 Å². The van der Waals surface area contributed by atoms with Gasteiger partial charge in [0, 0.05) is 37.6 Å². The van der Waals surface area contributed by atoms with Crippen molar-refractivity contribution in [3.63, 3.8) is 0 Å². The third-order valence-electron chi connectivity index (χ3n) is 3.81. The molecule has 0 aromatic carbocycles. The van der Waals surface area contributed by atoms with Crippen LogP contribution in [0.1, 0.15) is 19.0 Å². The van der Waals surface area contributed by atoms with Crippen molar-refractivity contribution in [2.75, 3.05) is 33.4 Å². The molecule has 2 heterocycles. The minimum atomic E-state index is 0.182. The van der Waals surface area contributed by atoms with Crippen molar-refractivity contribution in [2.45, 2.75) is 25.9 Å². The van der Waals surface area contributed by atoms with Gasteiger partial charge >= 0.3 is 0 Å². The van der Waals surface area contributed by atoms with E-state index in [1.165, 1.54) is 5.69 Å². The molecular formula is C13H22N2O2S. The molecule has 0 radical (unpaired) electrons. The van der Waals surface area contributed by atoms with Crippen LogP contribution in [0.3, 0.4) is 0 Å². The first-order chi connectivity index (χ1) is 8.77. The second kappa shape index (κ2) is 6.61. The Morgan fingerprint density at radius 1 is 1.67 bits per heavy atom. The standard InChI is InChI=1S/C13H22N2O2S/c1-11-13(3-5-17-11,9-14-4-6-16-2)7-12-8-18-10-15-12/h8,10-11,14H,3-7,9H2,1-2H3. The molecule has 2 rings (SSSR count). The molecule has 1 aromatic rings. The van der Waals surface area contributed by atoms with Crippen LogP contribution in [-0.2, 0) is 15.9 Å². The number of aromatic nitrogens is 1. The van der Waals surface area contributed by atoms with Gasteiger partial charge in [-0.1, -0.05) is 0 Å². The van der Waals surface area contributed by atoms with Crippen molar-refractivity contribution < 1.29 is 9.47 Å². The van der Waals surface area contributed by atoms with Crippen molar-refractivity contribution >= 4 is 11.3 Å². The number of hydrogen-bond donors (Lipinski definition) is 1. The molecule has 5 heteroatoms. The molecule has 1 aliphatic rings. The Morgan fingerprint density at radius 2 is 2.56 bits per heavy atom. The number of nitrogens with zero attached hydrogens (tertiary/aromatic N) is 1. The molecule has 2 atom stereocenters. The Labute approximate surface area is 113 Å². The summed E-state index contributed by atoms with van der Waals surface area (Å²) >= 11 is 1.66. The van der Waals surface area contributed by atoms with Crippen molar-refractivity contribution in [1.29, 1.82) is 0 Å². The van der Waals surface area contributed by atoms with Crippen molar-refractivity contribution in [2.24, 2.45) is 5.41 Å². The van der Waals surface area contributed by atoms with E-state index in [1.807, 2.05) is 5.51 Å². The Morgan fingerprint density at radius 3 is 3.17 bits per heavy atom. The minimum Gasteiger partial charge on any atom is -0.383 e. The third kappa shape index (κ3) is 3.29. The van der Waals surface area contributed by atoms with E-state index in [-0.39, 0.29) is 11.5 Å². The Balaban J connectivity index is 1.95. The molecule has 18 heavy (non-hydrogen) atoms. The molecule has 1 fully saturated rings. The van der Waals surface area contributed by atoms with Gasteiger partial charge in [-0.15, -0.1) is 11.3 Å². The molecule has 1 saturated heterocycles. The van der Waals surface area contributed by atoms with E-state index in [1.54, 1.807) is 18.4 Å². The number of ether oxygens (including phenoxy) is 2. The lowest BCUT2D eigenvalue weighted by Crippen LogP contribution is -2.42. The van der Waals surface area contributed by atoms with Gasteiger partial charge in [-0.2, -0.15) is 0 Å². The van der Waals surface area contributed by atoms with Crippen LogP contribution < -0.4 is 5.32 Å². The van der Waals surface area contributed by atoms with E-state index >= 15 is 0 Å². The van der Waals surface area contributed by atoms with Gasteiger partial charge in [0.05, 0.1) is 23.9 Å². The SMILES string of the molecule is COCCNCC1(Cc2cscn2)CCOC1C. The summed E-state index contributed by atoms with van der Waals surface area (Å²) in [7, 11) is 1.73. The topological polar surface area (TPSA) is 43.4 Å². The molecule has 0 bridgehead atoms. The molecule has 0 spiro atoms. The highest BCUT2D eigenvalue weighted by atomic mass is 32.1. The Bertz CT molecular complexity index is 345. The van der Waals surface area contributed by atoms with Gasteiger partial charge < -0.3 is 14.8 Å². The van der Waals surface area contributed by atoms with E-state index in [2.05, 4.69) is 22.6 Å². The van der Waals surface area contributed by atoms with Crippen LogP contribution in [0.15, 0.2) is 10.9 Å². The minimum absolute atomic E-state index is 0.182. The second-order valence-corrected chi connectivity index (χ2v) is 5.67. The molecule has 102 valence electrons. The molecule has 1 aliphatic heterocycles. The molecule has 0 amide bonds. The monoisotopic (exact) mass is 270 g/mol. The van der Waals surface area contributed by atoms with Gasteiger partial charge in [-0.25, -0.2) is 4.98 Å². The lowest BCUT2D eigenvalue weighted by atomic mass is 9.77. The summed E-state index contributed by atoms with van der Waals surface area (Å²) in [5.41, 5.74) is 3.27. The van der Waals surface area contributed by atoms with Gasteiger partial charge in [-0.3, -0.25) is 0 Å². The van der Waals surface area contributed by atoms with E-state index in [0.717, 1.165) is 39.1 Å². The van der Waals surface area contributed by atoms with E-state index < -0.39 is 0 Å². The zero-order valence-electron chi connectivity index (χ0n) is 11.1. The molecule has 2 unspecified atom stereocenters. The van der Waals surface area contributed by atoms with Crippen LogP contribution >= 0.6 is 11.3 Å². The fourth-order valence-electron chi connectivity index (χ4n) is 2.54. The van der Waals surface area contributed by atoms with Crippen LogP contribution in [0.5, 0.6) is 0 Å². The smallest absolute Gasteiger partial charge is 0.0794 e. The maximum atomic E-state index is 5.78. The second-order valence-electron chi connectivity index (χ2n) is 4.95. The van der Waals surface area contributed by atoms with Gasteiger partial charge in [-0.05, 0) is 19.8 Å². The number of methoxy groups -OCH3 is 1. The summed E-state index contributed by atoms with van der Waals surface area (Å²) in [5.74, 6) is 0. The zero-order valence-corrected chi connectivity index (χ0v) is 12.0. The predicted molar refractivity (Wildman–Crippen MR) is 73.0 cm³/mol. The van der Waals surface area contributed by atoms with Crippen molar-refractivity contribution in [3.05, 3.63) is 16.6 Å². The maximum absolute atomic E-state index is 5.78. The highest BCUT2D eigenvalue weighted by Crippen LogP contribution is 2.37. The first-order valence-corrected chi connectivity index (χ1v) is 7.39. The predicted octanol–water partition coefficient (Wildman–Crippen LogP) is 1.72. The van der Waals surface area contributed by atoms with Crippen LogP contribution in [-0.4, -0.2) is 44.5 Å². The summed E-state index contributed by atoms with van der Waals surface area (Å²) in [4.78, 5) is 4.41. The zero-order chi connectivity index (χ0) is 12.8. The highest BCUT2D eigenvalue weighted by Gasteiger charge is 2.41. The van der Waals surface area contributed by atoms with Crippen LogP contribution in [0.2, 0.25) is 0 Å². The lowest BCUT2D eigenvalue weighted by Gasteiger charge is -2.32. The van der Waals surface area contributed by atoms with Gasteiger partial charge in [0.1, 0.15) is 0 Å². The fourth-order valence-corrected chi connectivity index (χ4v) is 3.10. The van der Waals surface area contributed by atoms with Crippen LogP contribution in [0.25, 0.3) is 0 Å². The first kappa shape index (κ1) is 13.9. The molecular weight excluding hydrogens is 248 g/mol. The summed E-state index contributed by atoms with van der Waals surface area (Å²) < 4.78 is 10.8. The third-order valence-corrected chi connectivity index (χ3v) is 4.44. The average Bonchev–Trinajstić information content (AvgIpc) is 2.97. The summed E-state index contributed by atoms with van der Waals surface area (Å²) in [6, 6.07) is 0. The summed E-state index contributed by atoms with van der Waals surface area (Å²) in [6.07, 6.45) is 2.39. The maximum Gasteiger partial charge on any atom is 0.0794 e. The van der Waals surface area contributed by atoms with E-state index in [0.29, 0.717) is 0 Å². The summed E-state index contributed by atoms with van der Waals surface area (Å²) in [6.45, 7) is 5.65. The largest absolute Gasteiger partial charge is 0.383 e. The fraction of sp³-hybridized carbons (Fsp3) is 0.769. The van der Waals surface area contributed by atoms with Crippen molar-refractivity contribution in [1.82, 2.24) is 10.3 Å². The quantitative estimate of drug-likeness (QED) is 0.766. The summed E-state index contributed by atoms with van der Waals surface area (Å²) in [5, 5.41) is 5.62. The Kier molecular flexibility index (Phi) is 5.12. The molecule has 1 aromatic heterocycles. The molecule has 1 N–H and O–H groups in total. The number of hydrogen-bond acceptors (Lipinski definition) is 5. The van der Waals surface area contributed by atoms with Crippen molar-refractivity contribution in [3.8, 4) is 0 Å². The normalized spacial score (nSPS) is 27.8. The Hall–Kier alpha value is -0.490. The first-order valence-electron chi connectivity index (χ1n) is 6.45. The molecule has 4 nitrogen and oxygen atoms in total. The van der Waals surface area contributed by atoms with E-state index in [9.17, 15) is 0 Å². The highest BCUT2D eigenvalue weighted by molar-refractivity contribution is 7.07. The van der Waals surface area contributed by atoms with Crippen LogP contribution in [0.4, 0.5) is 0 Å². The van der Waals surface area contributed by atoms with Crippen LogP contribution in [0, 0.1) is 5.41 Å².